The Kier molecular flexibility index (Phi) is 5.39. The minimum atomic E-state index is -0.586. The lowest BCUT2D eigenvalue weighted by Crippen LogP contribution is -2.38. The minimum absolute atomic E-state index is 0.0681. The fourth-order valence-corrected chi connectivity index (χ4v) is 3.40. The van der Waals surface area contributed by atoms with E-state index in [2.05, 4.69) is 9.88 Å². The largest absolute Gasteiger partial charge is 0.464 e. The first-order valence-electron chi connectivity index (χ1n) is 8.93. The number of rotatable bonds is 5. The number of aryl methyl sites for hydroxylation is 2. The lowest BCUT2D eigenvalue weighted by molar-refractivity contribution is 0.0724. The fraction of sp³-hybridized carbons (Fsp3) is 0.579. The summed E-state index contributed by atoms with van der Waals surface area (Å²) in [6, 6.07) is 3.71. The first-order valence-corrected chi connectivity index (χ1v) is 8.93. The predicted molar refractivity (Wildman–Crippen MR) is 95.5 cm³/mol. The summed E-state index contributed by atoms with van der Waals surface area (Å²) in [5.41, 5.74) is 1.61. The van der Waals surface area contributed by atoms with Crippen LogP contribution < -0.4 is 5.56 Å². The van der Waals surface area contributed by atoms with Crippen LogP contribution in [0.2, 0.25) is 0 Å². The molecule has 6 nitrogen and oxygen atoms in total. The van der Waals surface area contributed by atoms with Crippen molar-refractivity contribution < 1.29 is 9.52 Å². The van der Waals surface area contributed by atoms with Crippen LogP contribution in [0.4, 0.5) is 0 Å². The zero-order valence-electron chi connectivity index (χ0n) is 15.2. The molecule has 0 amide bonds. The van der Waals surface area contributed by atoms with Crippen molar-refractivity contribution >= 4 is 0 Å². The maximum Gasteiger partial charge on any atom is 0.256 e. The lowest BCUT2D eigenvalue weighted by Gasteiger charge is -2.33. The molecule has 25 heavy (non-hydrogen) atoms. The van der Waals surface area contributed by atoms with Gasteiger partial charge in [0.2, 0.25) is 0 Å². The summed E-state index contributed by atoms with van der Waals surface area (Å²) in [7, 11) is 0. The van der Waals surface area contributed by atoms with Gasteiger partial charge in [0.05, 0.1) is 6.33 Å². The van der Waals surface area contributed by atoms with Gasteiger partial charge < -0.3 is 14.4 Å². The summed E-state index contributed by atoms with van der Waals surface area (Å²) in [4.78, 5) is 18.9. The van der Waals surface area contributed by atoms with Gasteiger partial charge in [0.15, 0.2) is 0 Å². The van der Waals surface area contributed by atoms with Crippen molar-refractivity contribution in [3.63, 3.8) is 0 Å². The van der Waals surface area contributed by atoms with Gasteiger partial charge in [0.25, 0.3) is 5.56 Å². The molecule has 1 aliphatic rings. The van der Waals surface area contributed by atoms with Crippen molar-refractivity contribution in [1.82, 2.24) is 14.5 Å². The van der Waals surface area contributed by atoms with Gasteiger partial charge >= 0.3 is 0 Å². The van der Waals surface area contributed by atoms with Crippen LogP contribution in [0.15, 0.2) is 27.7 Å². The van der Waals surface area contributed by atoms with Crippen LogP contribution >= 0.6 is 0 Å². The van der Waals surface area contributed by atoms with E-state index in [1.54, 1.807) is 10.9 Å². The van der Waals surface area contributed by atoms with Gasteiger partial charge in [-0.1, -0.05) is 0 Å². The van der Waals surface area contributed by atoms with Crippen LogP contribution in [0.1, 0.15) is 41.7 Å². The molecule has 0 bridgehead atoms. The molecule has 0 aromatic carbocycles. The van der Waals surface area contributed by atoms with Crippen molar-refractivity contribution in [3.8, 4) is 0 Å². The van der Waals surface area contributed by atoms with E-state index in [0.29, 0.717) is 18.2 Å². The maximum absolute atomic E-state index is 12.3. The van der Waals surface area contributed by atoms with E-state index in [0.717, 1.165) is 49.5 Å². The summed E-state index contributed by atoms with van der Waals surface area (Å²) in [5.74, 6) is 1.92. The second-order valence-electron chi connectivity index (χ2n) is 7.12. The average molecular weight is 345 g/mol. The van der Waals surface area contributed by atoms with Crippen molar-refractivity contribution in [2.75, 3.05) is 19.6 Å². The number of piperidine rings is 1. The van der Waals surface area contributed by atoms with E-state index in [1.165, 1.54) is 0 Å². The van der Waals surface area contributed by atoms with Gasteiger partial charge in [-0.05, 0) is 64.8 Å². The summed E-state index contributed by atoms with van der Waals surface area (Å²) in [5, 5.41) is 10.3. The molecule has 2 aromatic heterocycles. The Balaban J connectivity index is 1.52. The lowest BCUT2D eigenvalue weighted by atomic mass is 9.96. The molecule has 1 atom stereocenters. The van der Waals surface area contributed by atoms with Crippen LogP contribution in [-0.4, -0.2) is 39.2 Å². The van der Waals surface area contributed by atoms with E-state index in [4.69, 9.17) is 4.42 Å². The third kappa shape index (κ3) is 4.19. The Hall–Kier alpha value is -1.92. The van der Waals surface area contributed by atoms with E-state index < -0.39 is 6.10 Å². The van der Waals surface area contributed by atoms with Crippen molar-refractivity contribution in [2.24, 2.45) is 5.92 Å². The second-order valence-corrected chi connectivity index (χ2v) is 7.12. The third-order valence-corrected chi connectivity index (χ3v) is 5.20. The first-order chi connectivity index (χ1) is 11.9. The van der Waals surface area contributed by atoms with Crippen LogP contribution in [0.25, 0.3) is 0 Å². The van der Waals surface area contributed by atoms with Gasteiger partial charge in [0.1, 0.15) is 17.6 Å². The van der Waals surface area contributed by atoms with Gasteiger partial charge in [-0.2, -0.15) is 0 Å². The molecule has 0 radical (unpaired) electrons. The molecule has 6 heteroatoms. The minimum Gasteiger partial charge on any atom is -0.464 e. The van der Waals surface area contributed by atoms with E-state index in [9.17, 15) is 9.90 Å². The Morgan fingerprint density at radius 1 is 1.28 bits per heavy atom. The molecule has 3 rings (SSSR count). The SMILES string of the molecule is Cc1ccc(C(O)CN2CCC(Cn3cnc(C)c(C)c3=O)CC2)o1. The Morgan fingerprint density at radius 2 is 2.00 bits per heavy atom. The number of aromatic nitrogens is 2. The first kappa shape index (κ1) is 17.9. The van der Waals surface area contributed by atoms with Crippen LogP contribution in [-0.2, 0) is 6.54 Å². The van der Waals surface area contributed by atoms with Crippen molar-refractivity contribution in [1.29, 1.82) is 0 Å². The zero-order chi connectivity index (χ0) is 18.0. The molecule has 3 heterocycles. The second kappa shape index (κ2) is 7.54. The summed E-state index contributed by atoms with van der Waals surface area (Å²) in [6.45, 7) is 8.74. The topological polar surface area (TPSA) is 71.5 Å². The number of hydrogen-bond donors (Lipinski definition) is 1. The number of aliphatic hydroxyl groups excluding tert-OH is 1. The number of likely N-dealkylation sites (tertiary alicyclic amines) is 1. The van der Waals surface area contributed by atoms with Crippen LogP contribution in [0, 0.1) is 26.7 Å². The fourth-order valence-electron chi connectivity index (χ4n) is 3.40. The molecule has 1 N–H and O–H groups in total. The van der Waals surface area contributed by atoms with Gasteiger partial charge in [0, 0.05) is 24.3 Å². The summed E-state index contributed by atoms with van der Waals surface area (Å²) >= 11 is 0. The van der Waals surface area contributed by atoms with Crippen LogP contribution in [0.3, 0.4) is 0 Å². The van der Waals surface area contributed by atoms with Gasteiger partial charge in [-0.25, -0.2) is 4.98 Å². The standard InChI is InChI=1S/C19H27N3O3/c1-13-4-5-18(25-13)17(23)11-21-8-6-16(7-9-21)10-22-12-20-15(3)14(2)19(22)24/h4-5,12,16-17,23H,6-11H2,1-3H3. The maximum atomic E-state index is 12.3. The molecular formula is C19H27N3O3. The molecule has 1 saturated heterocycles. The van der Waals surface area contributed by atoms with Crippen LogP contribution in [0.5, 0.6) is 0 Å². The number of furan rings is 1. The highest BCUT2D eigenvalue weighted by molar-refractivity contribution is 5.12. The number of β-amino-alcohol motifs (C(OH)–C–C–N with tert-alkyl or cyclic N) is 1. The molecular weight excluding hydrogens is 318 g/mol. The molecule has 0 aliphatic carbocycles. The number of hydrogen-bond acceptors (Lipinski definition) is 5. The average Bonchev–Trinajstić information content (AvgIpc) is 3.04. The summed E-state index contributed by atoms with van der Waals surface area (Å²) in [6.07, 6.45) is 3.11. The highest BCUT2D eigenvalue weighted by Crippen LogP contribution is 2.22. The number of nitrogens with zero attached hydrogens (tertiary/aromatic N) is 3. The molecule has 0 saturated carbocycles. The van der Waals surface area contributed by atoms with Gasteiger partial charge in [-0.3, -0.25) is 9.36 Å². The van der Waals surface area contributed by atoms with Crippen molar-refractivity contribution in [3.05, 3.63) is 51.6 Å². The molecule has 136 valence electrons. The third-order valence-electron chi connectivity index (χ3n) is 5.20. The Bertz CT molecular complexity index is 772. The molecule has 1 aliphatic heterocycles. The normalized spacial score (nSPS) is 17.8. The van der Waals surface area contributed by atoms with E-state index in [-0.39, 0.29) is 5.56 Å². The molecule has 1 fully saturated rings. The predicted octanol–water partition coefficient (Wildman–Crippen LogP) is 2.21. The Morgan fingerprint density at radius 3 is 2.64 bits per heavy atom. The summed E-state index contributed by atoms with van der Waals surface area (Å²) < 4.78 is 7.24. The number of aliphatic hydroxyl groups is 1. The van der Waals surface area contributed by atoms with Crippen molar-refractivity contribution in [2.45, 2.75) is 46.3 Å². The Labute approximate surface area is 148 Å². The van der Waals surface area contributed by atoms with Gasteiger partial charge in [-0.15, -0.1) is 0 Å². The molecule has 1 unspecified atom stereocenters. The molecule has 2 aromatic rings. The zero-order valence-corrected chi connectivity index (χ0v) is 15.2. The van der Waals surface area contributed by atoms with E-state index >= 15 is 0 Å². The van der Waals surface area contributed by atoms with E-state index in [1.807, 2.05) is 32.9 Å². The highest BCUT2D eigenvalue weighted by atomic mass is 16.4. The molecule has 0 spiro atoms. The monoisotopic (exact) mass is 345 g/mol. The highest BCUT2D eigenvalue weighted by Gasteiger charge is 2.23. The smallest absolute Gasteiger partial charge is 0.256 e. The quantitative estimate of drug-likeness (QED) is 0.899.